The summed E-state index contributed by atoms with van der Waals surface area (Å²) in [4.78, 5) is 11.9. The Hall–Kier alpha value is -1.03. The zero-order valence-corrected chi connectivity index (χ0v) is 11.4. The lowest BCUT2D eigenvalue weighted by atomic mass is 10.1. The first-order valence-corrected chi connectivity index (χ1v) is 6.50. The van der Waals surface area contributed by atoms with Gasteiger partial charge in [-0.3, -0.25) is 9.13 Å². The van der Waals surface area contributed by atoms with Gasteiger partial charge in [0, 0.05) is 31.5 Å². The maximum atomic E-state index is 11.9. The SMILES string of the molecule is CC(C)CCNCCn1ccn(C(C)C)c1=O. The topological polar surface area (TPSA) is 39.0 Å². The molecule has 4 nitrogen and oxygen atoms in total. The number of aromatic nitrogens is 2. The Labute approximate surface area is 104 Å². The lowest BCUT2D eigenvalue weighted by Gasteiger charge is -2.07. The van der Waals surface area contributed by atoms with Crippen molar-refractivity contribution in [2.45, 2.75) is 46.7 Å². The van der Waals surface area contributed by atoms with Crippen molar-refractivity contribution in [3.8, 4) is 0 Å². The average Bonchev–Trinajstić information content (AvgIpc) is 2.59. The van der Waals surface area contributed by atoms with E-state index in [1.54, 1.807) is 9.13 Å². The van der Waals surface area contributed by atoms with Crippen LogP contribution < -0.4 is 11.0 Å². The zero-order valence-electron chi connectivity index (χ0n) is 11.4. The second kappa shape index (κ2) is 6.64. The average molecular weight is 239 g/mol. The largest absolute Gasteiger partial charge is 0.328 e. The Kier molecular flexibility index (Phi) is 5.48. The molecule has 0 radical (unpaired) electrons. The van der Waals surface area contributed by atoms with Gasteiger partial charge in [-0.25, -0.2) is 4.79 Å². The third-order valence-electron chi connectivity index (χ3n) is 2.86. The predicted molar refractivity (Wildman–Crippen MR) is 71.4 cm³/mol. The van der Waals surface area contributed by atoms with Crippen LogP contribution in [0.3, 0.4) is 0 Å². The van der Waals surface area contributed by atoms with Gasteiger partial charge in [0.1, 0.15) is 0 Å². The highest BCUT2D eigenvalue weighted by Gasteiger charge is 2.05. The van der Waals surface area contributed by atoms with E-state index < -0.39 is 0 Å². The Morgan fingerprint density at radius 2 is 1.88 bits per heavy atom. The molecule has 0 bridgehead atoms. The number of imidazole rings is 1. The summed E-state index contributed by atoms with van der Waals surface area (Å²) in [7, 11) is 0. The molecule has 1 heterocycles. The molecule has 4 heteroatoms. The quantitative estimate of drug-likeness (QED) is 0.738. The van der Waals surface area contributed by atoms with Crippen LogP contribution in [-0.2, 0) is 6.54 Å². The van der Waals surface area contributed by atoms with Crippen LogP contribution in [0.2, 0.25) is 0 Å². The molecule has 17 heavy (non-hydrogen) atoms. The highest BCUT2D eigenvalue weighted by atomic mass is 16.1. The van der Waals surface area contributed by atoms with Gasteiger partial charge >= 0.3 is 5.69 Å². The molecule has 0 aliphatic rings. The molecule has 0 saturated carbocycles. The van der Waals surface area contributed by atoms with Gasteiger partial charge in [0.25, 0.3) is 0 Å². The van der Waals surface area contributed by atoms with E-state index in [4.69, 9.17) is 0 Å². The Morgan fingerprint density at radius 1 is 1.18 bits per heavy atom. The Balaban J connectivity index is 2.35. The second-order valence-corrected chi connectivity index (χ2v) is 5.21. The first kappa shape index (κ1) is 14.0. The highest BCUT2D eigenvalue weighted by molar-refractivity contribution is 4.83. The molecule has 0 aromatic carbocycles. The third-order valence-corrected chi connectivity index (χ3v) is 2.86. The summed E-state index contributed by atoms with van der Waals surface area (Å²) in [6.07, 6.45) is 4.91. The molecular formula is C13H25N3O. The number of rotatable bonds is 7. The van der Waals surface area contributed by atoms with E-state index in [-0.39, 0.29) is 11.7 Å². The third kappa shape index (κ3) is 4.38. The van der Waals surface area contributed by atoms with Gasteiger partial charge < -0.3 is 5.32 Å². The van der Waals surface area contributed by atoms with Gasteiger partial charge in [-0.2, -0.15) is 0 Å². The van der Waals surface area contributed by atoms with Crippen molar-refractivity contribution in [1.29, 1.82) is 0 Å². The minimum Gasteiger partial charge on any atom is -0.315 e. The van der Waals surface area contributed by atoms with E-state index in [1.165, 1.54) is 6.42 Å². The van der Waals surface area contributed by atoms with Crippen molar-refractivity contribution >= 4 is 0 Å². The zero-order chi connectivity index (χ0) is 12.8. The Morgan fingerprint density at radius 3 is 2.41 bits per heavy atom. The standard InChI is InChI=1S/C13H25N3O/c1-11(2)5-6-14-7-8-15-9-10-16(12(3)4)13(15)17/h9-12,14H,5-8H2,1-4H3. The molecule has 0 unspecified atom stereocenters. The fourth-order valence-corrected chi connectivity index (χ4v) is 1.71. The number of nitrogens with zero attached hydrogens (tertiary/aromatic N) is 2. The van der Waals surface area contributed by atoms with E-state index in [9.17, 15) is 4.79 Å². The van der Waals surface area contributed by atoms with Gasteiger partial charge in [-0.15, -0.1) is 0 Å². The molecule has 0 aliphatic heterocycles. The fraction of sp³-hybridized carbons (Fsp3) is 0.769. The minimum absolute atomic E-state index is 0.0886. The molecule has 0 spiro atoms. The molecule has 0 atom stereocenters. The van der Waals surface area contributed by atoms with E-state index in [0.29, 0.717) is 0 Å². The van der Waals surface area contributed by atoms with Crippen molar-refractivity contribution in [3.63, 3.8) is 0 Å². The maximum absolute atomic E-state index is 11.9. The molecule has 1 aromatic heterocycles. The van der Waals surface area contributed by atoms with Crippen LogP contribution in [0, 0.1) is 5.92 Å². The van der Waals surface area contributed by atoms with Crippen molar-refractivity contribution in [2.75, 3.05) is 13.1 Å². The van der Waals surface area contributed by atoms with Crippen LogP contribution in [0.5, 0.6) is 0 Å². The molecule has 1 N–H and O–H groups in total. The van der Waals surface area contributed by atoms with Crippen LogP contribution in [0.25, 0.3) is 0 Å². The predicted octanol–water partition coefficient (Wildman–Crippen LogP) is 1.87. The summed E-state index contributed by atoms with van der Waals surface area (Å²) >= 11 is 0. The normalized spacial score (nSPS) is 11.6. The summed E-state index contributed by atoms with van der Waals surface area (Å²) in [5.41, 5.74) is 0.0886. The molecule has 0 fully saturated rings. The van der Waals surface area contributed by atoms with Crippen LogP contribution in [0.15, 0.2) is 17.2 Å². The van der Waals surface area contributed by atoms with Gasteiger partial charge in [0.05, 0.1) is 0 Å². The number of hydrogen-bond acceptors (Lipinski definition) is 2. The van der Waals surface area contributed by atoms with Gasteiger partial charge in [0.2, 0.25) is 0 Å². The van der Waals surface area contributed by atoms with Gasteiger partial charge in [-0.05, 0) is 32.7 Å². The smallest absolute Gasteiger partial charge is 0.315 e. The van der Waals surface area contributed by atoms with Crippen molar-refractivity contribution in [2.24, 2.45) is 5.92 Å². The summed E-state index contributed by atoms with van der Waals surface area (Å²) in [6.45, 7) is 11.1. The monoisotopic (exact) mass is 239 g/mol. The minimum atomic E-state index is 0.0886. The van der Waals surface area contributed by atoms with E-state index in [0.717, 1.165) is 25.6 Å². The van der Waals surface area contributed by atoms with Crippen LogP contribution in [0.4, 0.5) is 0 Å². The molecule has 0 amide bonds. The molecule has 0 aliphatic carbocycles. The summed E-state index contributed by atoms with van der Waals surface area (Å²) < 4.78 is 3.52. The molecule has 1 rings (SSSR count). The van der Waals surface area contributed by atoms with Crippen molar-refractivity contribution in [1.82, 2.24) is 14.5 Å². The van der Waals surface area contributed by atoms with E-state index in [1.807, 2.05) is 26.2 Å². The number of nitrogens with one attached hydrogen (secondary N) is 1. The van der Waals surface area contributed by atoms with Crippen molar-refractivity contribution < 1.29 is 0 Å². The van der Waals surface area contributed by atoms with Crippen LogP contribution in [-0.4, -0.2) is 22.2 Å². The summed E-state index contributed by atoms with van der Waals surface area (Å²) in [5.74, 6) is 0.729. The summed E-state index contributed by atoms with van der Waals surface area (Å²) in [5, 5.41) is 3.36. The second-order valence-electron chi connectivity index (χ2n) is 5.21. The first-order valence-electron chi connectivity index (χ1n) is 6.50. The molecule has 98 valence electrons. The highest BCUT2D eigenvalue weighted by Crippen LogP contribution is 1.99. The fourth-order valence-electron chi connectivity index (χ4n) is 1.71. The summed E-state index contributed by atoms with van der Waals surface area (Å²) in [6, 6.07) is 0.234. The Bertz CT molecular complexity index is 376. The van der Waals surface area contributed by atoms with Gasteiger partial charge in [0.15, 0.2) is 0 Å². The first-order chi connectivity index (χ1) is 8.02. The van der Waals surface area contributed by atoms with Crippen LogP contribution in [0.1, 0.15) is 40.2 Å². The maximum Gasteiger partial charge on any atom is 0.328 e. The lowest BCUT2D eigenvalue weighted by Crippen LogP contribution is -2.29. The molecule has 1 aromatic rings. The van der Waals surface area contributed by atoms with E-state index in [2.05, 4.69) is 19.2 Å². The molecule has 0 saturated heterocycles. The van der Waals surface area contributed by atoms with E-state index >= 15 is 0 Å². The number of hydrogen-bond donors (Lipinski definition) is 1. The van der Waals surface area contributed by atoms with Crippen LogP contribution >= 0.6 is 0 Å². The molecular weight excluding hydrogens is 214 g/mol. The van der Waals surface area contributed by atoms with Crippen molar-refractivity contribution in [3.05, 3.63) is 22.9 Å². The van der Waals surface area contributed by atoms with Gasteiger partial charge in [-0.1, -0.05) is 13.8 Å². The lowest BCUT2D eigenvalue weighted by molar-refractivity contribution is 0.505.